The Balaban J connectivity index is 1.94. The second-order valence-corrected chi connectivity index (χ2v) is 4.41. The molecule has 13 heavy (non-hydrogen) atoms. The molecule has 2 heterocycles. The molecule has 0 amide bonds. The first-order chi connectivity index (χ1) is 6.42. The van der Waals surface area contributed by atoms with Gasteiger partial charge in [-0.3, -0.25) is 4.90 Å². The number of nitrogens with zero attached hydrogens (tertiary/aromatic N) is 1. The Morgan fingerprint density at radius 2 is 2.00 bits per heavy atom. The summed E-state index contributed by atoms with van der Waals surface area (Å²) < 4.78 is 0. The van der Waals surface area contributed by atoms with Crippen molar-refractivity contribution in [2.45, 2.75) is 51.1 Å². The maximum atomic E-state index is 3.64. The highest BCUT2D eigenvalue weighted by molar-refractivity contribution is 4.90. The van der Waals surface area contributed by atoms with E-state index in [9.17, 15) is 0 Å². The lowest BCUT2D eigenvalue weighted by Gasteiger charge is -2.44. The van der Waals surface area contributed by atoms with Gasteiger partial charge in [-0.25, -0.2) is 0 Å². The molecule has 2 aliphatic rings. The first-order valence-electron chi connectivity index (χ1n) is 5.89. The van der Waals surface area contributed by atoms with Crippen LogP contribution in [-0.2, 0) is 0 Å². The van der Waals surface area contributed by atoms with E-state index in [1.54, 1.807) is 0 Å². The monoisotopic (exact) mass is 182 g/mol. The van der Waals surface area contributed by atoms with Crippen molar-refractivity contribution in [2.75, 3.05) is 19.6 Å². The van der Waals surface area contributed by atoms with Crippen LogP contribution in [0, 0.1) is 0 Å². The normalized spacial score (nSPS) is 35.8. The zero-order chi connectivity index (χ0) is 9.10. The van der Waals surface area contributed by atoms with E-state index in [0.29, 0.717) is 0 Å². The van der Waals surface area contributed by atoms with Crippen LogP contribution in [-0.4, -0.2) is 36.6 Å². The standard InChI is InChI=1S/C11H22N2/c1-2-12-10-6-5-9-13-8-4-3-7-11(10)13/h10-12H,2-9H2,1H3/t10-,11+/m1/s1. The Bertz CT molecular complexity index is 154. The van der Waals surface area contributed by atoms with Gasteiger partial charge in [0, 0.05) is 12.1 Å². The molecule has 2 rings (SSSR count). The molecule has 0 aromatic heterocycles. The summed E-state index contributed by atoms with van der Waals surface area (Å²) >= 11 is 0. The lowest BCUT2D eigenvalue weighted by molar-refractivity contribution is 0.0783. The summed E-state index contributed by atoms with van der Waals surface area (Å²) in [4.78, 5) is 2.71. The zero-order valence-corrected chi connectivity index (χ0v) is 8.76. The Hall–Kier alpha value is -0.0800. The minimum atomic E-state index is 0.791. The molecule has 0 aromatic rings. The lowest BCUT2D eigenvalue weighted by atomic mass is 9.89. The summed E-state index contributed by atoms with van der Waals surface area (Å²) in [5.41, 5.74) is 0. The van der Waals surface area contributed by atoms with Crippen LogP contribution in [0.2, 0.25) is 0 Å². The molecule has 0 radical (unpaired) electrons. The van der Waals surface area contributed by atoms with Gasteiger partial charge in [0.1, 0.15) is 0 Å². The van der Waals surface area contributed by atoms with Crippen molar-refractivity contribution < 1.29 is 0 Å². The molecule has 2 aliphatic heterocycles. The maximum absolute atomic E-state index is 3.64. The summed E-state index contributed by atoms with van der Waals surface area (Å²) in [5, 5.41) is 3.64. The molecule has 0 bridgehead atoms. The summed E-state index contributed by atoms with van der Waals surface area (Å²) in [6, 6.07) is 1.65. The number of likely N-dealkylation sites (N-methyl/N-ethyl adjacent to an activating group) is 1. The maximum Gasteiger partial charge on any atom is 0.0249 e. The number of fused-ring (bicyclic) bond motifs is 1. The van der Waals surface area contributed by atoms with Gasteiger partial charge in [-0.1, -0.05) is 13.3 Å². The molecule has 0 unspecified atom stereocenters. The first kappa shape index (κ1) is 9.47. The predicted molar refractivity (Wildman–Crippen MR) is 55.9 cm³/mol. The molecule has 2 heteroatoms. The van der Waals surface area contributed by atoms with Gasteiger partial charge in [-0.2, -0.15) is 0 Å². The molecule has 0 saturated carbocycles. The van der Waals surface area contributed by atoms with Crippen molar-refractivity contribution in [3.05, 3.63) is 0 Å². The summed E-state index contributed by atoms with van der Waals surface area (Å²) in [7, 11) is 0. The topological polar surface area (TPSA) is 15.3 Å². The minimum Gasteiger partial charge on any atom is -0.313 e. The van der Waals surface area contributed by atoms with Crippen molar-refractivity contribution in [3.8, 4) is 0 Å². The minimum absolute atomic E-state index is 0.791. The predicted octanol–water partition coefficient (Wildman–Crippen LogP) is 1.61. The van der Waals surface area contributed by atoms with Crippen molar-refractivity contribution in [1.29, 1.82) is 0 Å². The van der Waals surface area contributed by atoms with Crippen molar-refractivity contribution in [2.24, 2.45) is 0 Å². The molecule has 0 spiro atoms. The average Bonchev–Trinajstić information content (AvgIpc) is 2.19. The second-order valence-electron chi connectivity index (χ2n) is 4.41. The molecule has 2 atom stereocenters. The van der Waals surface area contributed by atoms with Crippen LogP contribution in [0.3, 0.4) is 0 Å². The van der Waals surface area contributed by atoms with E-state index in [0.717, 1.165) is 18.6 Å². The number of hydrogen-bond donors (Lipinski definition) is 1. The quantitative estimate of drug-likeness (QED) is 0.698. The van der Waals surface area contributed by atoms with Crippen LogP contribution in [0.1, 0.15) is 39.0 Å². The molecule has 1 N–H and O–H groups in total. The Morgan fingerprint density at radius 3 is 2.85 bits per heavy atom. The molecule has 2 saturated heterocycles. The van der Waals surface area contributed by atoms with E-state index >= 15 is 0 Å². The van der Waals surface area contributed by atoms with E-state index in [1.165, 1.54) is 45.2 Å². The third-order valence-electron chi connectivity index (χ3n) is 3.56. The number of nitrogens with one attached hydrogen (secondary N) is 1. The molecule has 2 fully saturated rings. The fourth-order valence-corrected chi connectivity index (χ4v) is 2.96. The van der Waals surface area contributed by atoms with Crippen LogP contribution < -0.4 is 5.32 Å². The number of piperidine rings is 2. The fraction of sp³-hybridized carbons (Fsp3) is 1.00. The van der Waals surface area contributed by atoms with Gasteiger partial charge in [-0.15, -0.1) is 0 Å². The highest BCUT2D eigenvalue weighted by Gasteiger charge is 2.31. The van der Waals surface area contributed by atoms with Gasteiger partial charge in [-0.05, 0) is 45.3 Å². The molecule has 0 aliphatic carbocycles. The molecule has 2 nitrogen and oxygen atoms in total. The fourth-order valence-electron chi connectivity index (χ4n) is 2.96. The largest absolute Gasteiger partial charge is 0.313 e. The van der Waals surface area contributed by atoms with E-state index in [1.807, 2.05) is 0 Å². The van der Waals surface area contributed by atoms with Gasteiger partial charge < -0.3 is 5.32 Å². The van der Waals surface area contributed by atoms with Gasteiger partial charge in [0.15, 0.2) is 0 Å². The number of hydrogen-bond acceptors (Lipinski definition) is 2. The molecule has 76 valence electrons. The summed E-state index contributed by atoms with van der Waals surface area (Å²) in [6.45, 7) is 6.07. The Kier molecular flexibility index (Phi) is 3.23. The van der Waals surface area contributed by atoms with E-state index in [2.05, 4.69) is 17.1 Å². The zero-order valence-electron chi connectivity index (χ0n) is 8.76. The van der Waals surface area contributed by atoms with Crippen molar-refractivity contribution >= 4 is 0 Å². The number of rotatable bonds is 2. The van der Waals surface area contributed by atoms with Gasteiger partial charge in [0.25, 0.3) is 0 Å². The average molecular weight is 182 g/mol. The smallest absolute Gasteiger partial charge is 0.0249 e. The Morgan fingerprint density at radius 1 is 1.15 bits per heavy atom. The van der Waals surface area contributed by atoms with Gasteiger partial charge in [0.2, 0.25) is 0 Å². The highest BCUT2D eigenvalue weighted by Crippen LogP contribution is 2.26. The third-order valence-corrected chi connectivity index (χ3v) is 3.56. The van der Waals surface area contributed by atoms with E-state index < -0.39 is 0 Å². The lowest BCUT2D eigenvalue weighted by Crippen LogP contribution is -2.55. The van der Waals surface area contributed by atoms with Crippen LogP contribution in [0.25, 0.3) is 0 Å². The molecular formula is C11H22N2. The molecule has 0 aromatic carbocycles. The Labute approximate surface area is 81.7 Å². The first-order valence-corrected chi connectivity index (χ1v) is 5.89. The SMILES string of the molecule is CCN[C@@H]1CCCN2CCCC[C@@H]12. The second kappa shape index (κ2) is 4.43. The van der Waals surface area contributed by atoms with Crippen LogP contribution in [0.15, 0.2) is 0 Å². The van der Waals surface area contributed by atoms with Gasteiger partial charge in [0.05, 0.1) is 0 Å². The van der Waals surface area contributed by atoms with Gasteiger partial charge >= 0.3 is 0 Å². The van der Waals surface area contributed by atoms with Crippen molar-refractivity contribution in [1.82, 2.24) is 10.2 Å². The van der Waals surface area contributed by atoms with Crippen molar-refractivity contribution in [3.63, 3.8) is 0 Å². The van der Waals surface area contributed by atoms with E-state index in [-0.39, 0.29) is 0 Å². The van der Waals surface area contributed by atoms with Crippen LogP contribution in [0.5, 0.6) is 0 Å². The summed E-state index contributed by atoms with van der Waals surface area (Å²) in [5.74, 6) is 0. The highest BCUT2D eigenvalue weighted by atomic mass is 15.2. The third kappa shape index (κ3) is 2.05. The van der Waals surface area contributed by atoms with Crippen LogP contribution >= 0.6 is 0 Å². The van der Waals surface area contributed by atoms with E-state index in [4.69, 9.17) is 0 Å². The van der Waals surface area contributed by atoms with Crippen LogP contribution in [0.4, 0.5) is 0 Å². The summed E-state index contributed by atoms with van der Waals surface area (Å²) in [6.07, 6.45) is 7.10. The molecular weight excluding hydrogens is 160 g/mol.